The van der Waals surface area contributed by atoms with Crippen LogP contribution in [-0.4, -0.2) is 36.3 Å². The highest BCUT2D eigenvalue weighted by Gasteiger charge is 2.37. The molecule has 8 nitrogen and oxygen atoms in total. The molecule has 1 aliphatic carbocycles. The highest BCUT2D eigenvalue weighted by atomic mass is 16.4. The number of hydrogen-bond donors (Lipinski definition) is 1. The lowest BCUT2D eigenvalue weighted by atomic mass is 9.99. The fourth-order valence-corrected chi connectivity index (χ4v) is 4.30. The maximum absolute atomic E-state index is 6.06. The Labute approximate surface area is 168 Å². The first-order valence-electron chi connectivity index (χ1n) is 10.3. The molecular formula is C21H23N7O. The van der Waals surface area contributed by atoms with Gasteiger partial charge in [0, 0.05) is 30.8 Å². The van der Waals surface area contributed by atoms with Crippen LogP contribution >= 0.6 is 0 Å². The molecule has 8 heteroatoms. The topological polar surface area (TPSA) is 88.1 Å². The summed E-state index contributed by atoms with van der Waals surface area (Å²) < 4.78 is 8.02. The fourth-order valence-electron chi connectivity index (χ4n) is 4.30. The van der Waals surface area contributed by atoms with Crippen molar-refractivity contribution in [2.45, 2.75) is 51.0 Å². The molecule has 4 aromatic rings. The lowest BCUT2D eigenvalue weighted by Crippen LogP contribution is -2.36. The van der Waals surface area contributed by atoms with Gasteiger partial charge in [-0.2, -0.15) is 5.10 Å². The van der Waals surface area contributed by atoms with Crippen LogP contribution in [0.15, 0.2) is 35.1 Å². The molecule has 29 heavy (non-hydrogen) atoms. The molecule has 6 rings (SSSR count). The Balaban J connectivity index is 1.48. The molecule has 0 aromatic carbocycles. The van der Waals surface area contributed by atoms with Crippen LogP contribution in [0.2, 0.25) is 0 Å². The van der Waals surface area contributed by atoms with Crippen molar-refractivity contribution in [1.29, 1.82) is 0 Å². The van der Waals surface area contributed by atoms with E-state index in [1.54, 1.807) is 6.33 Å². The minimum atomic E-state index is -0.155. The zero-order valence-electron chi connectivity index (χ0n) is 16.5. The van der Waals surface area contributed by atoms with Crippen molar-refractivity contribution in [3.05, 3.63) is 59.3 Å². The van der Waals surface area contributed by atoms with Gasteiger partial charge in [0.2, 0.25) is 5.89 Å². The Kier molecular flexibility index (Phi) is 3.57. The molecule has 2 aliphatic rings. The van der Waals surface area contributed by atoms with Crippen LogP contribution in [0.3, 0.4) is 0 Å². The fraction of sp³-hybridized carbons (Fsp3) is 0.429. The number of imidazole rings is 1. The quantitative estimate of drug-likeness (QED) is 0.574. The first-order valence-corrected chi connectivity index (χ1v) is 10.3. The number of anilines is 1. The summed E-state index contributed by atoms with van der Waals surface area (Å²) in [4.78, 5) is 10.1. The molecular weight excluding hydrogens is 366 g/mol. The molecule has 5 heterocycles. The second-order valence-corrected chi connectivity index (χ2v) is 8.33. The number of H-pyrrole nitrogens is 1. The van der Waals surface area contributed by atoms with E-state index in [0.29, 0.717) is 17.9 Å². The molecule has 0 radical (unpaired) electrons. The van der Waals surface area contributed by atoms with Gasteiger partial charge in [0.15, 0.2) is 0 Å². The maximum Gasteiger partial charge on any atom is 0.319 e. The number of nitrogens with zero attached hydrogens (tertiary/aromatic N) is 6. The van der Waals surface area contributed by atoms with Gasteiger partial charge in [0.05, 0.1) is 23.2 Å². The summed E-state index contributed by atoms with van der Waals surface area (Å²) in [5.74, 6) is 1.61. The number of hydrogen-bond acceptors (Lipinski definition) is 6. The monoisotopic (exact) mass is 389 g/mol. The second kappa shape index (κ2) is 6.17. The van der Waals surface area contributed by atoms with Gasteiger partial charge in [0.1, 0.15) is 6.04 Å². The Bertz CT molecular complexity index is 1180. The number of nitrogens with one attached hydrogen (secondary N) is 1. The highest BCUT2D eigenvalue weighted by Crippen LogP contribution is 2.42. The summed E-state index contributed by atoms with van der Waals surface area (Å²) in [6, 6.07) is 6.81. The van der Waals surface area contributed by atoms with E-state index in [2.05, 4.69) is 57.1 Å². The van der Waals surface area contributed by atoms with E-state index in [9.17, 15) is 0 Å². The van der Waals surface area contributed by atoms with Crippen LogP contribution < -0.4 is 4.90 Å². The highest BCUT2D eigenvalue weighted by molar-refractivity contribution is 5.58. The zero-order valence-corrected chi connectivity index (χ0v) is 16.5. The summed E-state index contributed by atoms with van der Waals surface area (Å²) in [6.45, 7) is 5.19. The van der Waals surface area contributed by atoms with Gasteiger partial charge < -0.3 is 14.3 Å². The molecule has 1 N–H and O–H groups in total. The van der Waals surface area contributed by atoms with Crippen molar-refractivity contribution in [3.63, 3.8) is 0 Å². The Morgan fingerprint density at radius 3 is 2.97 bits per heavy atom. The Hall–Kier alpha value is -3.16. The SMILES string of the molecule is CC(C)c1cccn2nc([C@H]3c4nc[nH]c4CCN3c3nnc(C4CC4)o3)cc12. The average molecular weight is 389 g/mol. The molecule has 1 fully saturated rings. The van der Waals surface area contributed by atoms with E-state index in [4.69, 9.17) is 9.52 Å². The first-order chi connectivity index (χ1) is 14.2. The van der Waals surface area contributed by atoms with Crippen molar-refractivity contribution in [3.8, 4) is 0 Å². The van der Waals surface area contributed by atoms with Gasteiger partial charge in [-0.3, -0.25) is 0 Å². The number of fused-ring (bicyclic) bond motifs is 2. The van der Waals surface area contributed by atoms with E-state index in [1.165, 1.54) is 5.56 Å². The third-order valence-corrected chi connectivity index (χ3v) is 5.98. The van der Waals surface area contributed by atoms with Crippen molar-refractivity contribution in [2.75, 3.05) is 11.4 Å². The molecule has 0 unspecified atom stereocenters. The van der Waals surface area contributed by atoms with Crippen LogP contribution in [0.1, 0.15) is 73.1 Å². The third kappa shape index (κ3) is 2.66. The molecule has 1 saturated carbocycles. The molecule has 1 aliphatic heterocycles. The molecule has 0 amide bonds. The van der Waals surface area contributed by atoms with Gasteiger partial charge >= 0.3 is 6.01 Å². The molecule has 0 bridgehead atoms. The van der Waals surface area contributed by atoms with Gasteiger partial charge in [-0.25, -0.2) is 9.50 Å². The second-order valence-electron chi connectivity index (χ2n) is 8.33. The number of aromatic nitrogens is 6. The van der Waals surface area contributed by atoms with Gasteiger partial charge in [-0.1, -0.05) is 25.0 Å². The third-order valence-electron chi connectivity index (χ3n) is 5.98. The summed E-state index contributed by atoms with van der Waals surface area (Å²) in [7, 11) is 0. The largest absolute Gasteiger partial charge is 0.408 e. The van der Waals surface area contributed by atoms with E-state index >= 15 is 0 Å². The Morgan fingerprint density at radius 1 is 1.24 bits per heavy atom. The first kappa shape index (κ1) is 16.8. The smallest absolute Gasteiger partial charge is 0.319 e. The van der Waals surface area contributed by atoms with Crippen LogP contribution in [0.4, 0.5) is 6.01 Å². The van der Waals surface area contributed by atoms with Crippen LogP contribution in [-0.2, 0) is 6.42 Å². The normalized spacial score (nSPS) is 19.3. The molecule has 0 saturated heterocycles. The van der Waals surface area contributed by atoms with E-state index < -0.39 is 0 Å². The van der Waals surface area contributed by atoms with Gasteiger partial charge in [-0.15, -0.1) is 5.10 Å². The lowest BCUT2D eigenvalue weighted by molar-refractivity contribution is 0.463. The van der Waals surface area contributed by atoms with Crippen molar-refractivity contribution >= 4 is 11.5 Å². The predicted octanol–water partition coefficient (Wildman–Crippen LogP) is 3.59. The summed E-state index contributed by atoms with van der Waals surface area (Å²) in [5, 5.41) is 13.6. The standard InChI is InChI=1S/C21H23N7O/c1-12(2)14-4-3-8-28-17(14)10-16(26-28)19-18-15(22-11-23-18)7-9-27(19)21-25-24-20(29-21)13-5-6-13/h3-4,8,10-13,19H,5-7,9H2,1-2H3,(H,22,23)/t19-/m0/s1. The van der Waals surface area contributed by atoms with Gasteiger partial charge in [0.25, 0.3) is 0 Å². The van der Waals surface area contributed by atoms with Crippen molar-refractivity contribution in [2.24, 2.45) is 0 Å². The molecule has 4 aromatic heterocycles. The summed E-state index contributed by atoms with van der Waals surface area (Å²) in [6.07, 6.45) is 6.90. The van der Waals surface area contributed by atoms with E-state index in [-0.39, 0.29) is 6.04 Å². The number of pyridine rings is 1. The maximum atomic E-state index is 6.06. The van der Waals surface area contributed by atoms with E-state index in [0.717, 1.165) is 54.3 Å². The summed E-state index contributed by atoms with van der Waals surface area (Å²) in [5.41, 5.74) is 5.48. The van der Waals surface area contributed by atoms with Crippen molar-refractivity contribution in [1.82, 2.24) is 29.8 Å². The molecule has 1 atom stereocenters. The molecule has 148 valence electrons. The minimum absolute atomic E-state index is 0.155. The van der Waals surface area contributed by atoms with Crippen molar-refractivity contribution < 1.29 is 4.42 Å². The lowest BCUT2D eigenvalue weighted by Gasteiger charge is -2.32. The van der Waals surface area contributed by atoms with Crippen LogP contribution in [0.5, 0.6) is 0 Å². The molecule has 0 spiro atoms. The van der Waals surface area contributed by atoms with Crippen LogP contribution in [0, 0.1) is 0 Å². The van der Waals surface area contributed by atoms with Gasteiger partial charge in [-0.05, 0) is 36.5 Å². The number of rotatable bonds is 4. The Morgan fingerprint density at radius 2 is 2.14 bits per heavy atom. The summed E-state index contributed by atoms with van der Waals surface area (Å²) >= 11 is 0. The average Bonchev–Trinajstić information content (AvgIpc) is 3.13. The number of aromatic amines is 1. The van der Waals surface area contributed by atoms with Crippen LogP contribution in [0.25, 0.3) is 5.52 Å². The minimum Gasteiger partial charge on any atom is -0.408 e. The zero-order chi connectivity index (χ0) is 19.5. The predicted molar refractivity (Wildman–Crippen MR) is 107 cm³/mol. The van der Waals surface area contributed by atoms with E-state index in [1.807, 2.05) is 10.7 Å².